The average molecular weight is 463 g/mol. The molecule has 2 heterocycles. The van der Waals surface area contributed by atoms with Gasteiger partial charge in [-0.3, -0.25) is 0 Å². The zero-order chi connectivity index (χ0) is 22.9. The first kappa shape index (κ1) is 22.6. The minimum absolute atomic E-state index is 0.0373. The molecule has 4 rings (SSSR count). The number of ether oxygens (including phenoxy) is 1. The smallest absolute Gasteiger partial charge is 0.225 e. The predicted octanol–water partition coefficient (Wildman–Crippen LogP) is 3.10. The molecule has 7 nitrogen and oxygen atoms in total. The van der Waals surface area contributed by atoms with Gasteiger partial charge in [-0.15, -0.1) is 0 Å². The van der Waals surface area contributed by atoms with Gasteiger partial charge in [-0.05, 0) is 54.7 Å². The highest BCUT2D eigenvalue weighted by molar-refractivity contribution is 7.90. The summed E-state index contributed by atoms with van der Waals surface area (Å²) in [6.07, 6.45) is 7.00. The van der Waals surface area contributed by atoms with Crippen molar-refractivity contribution in [3.8, 4) is 6.07 Å². The first-order chi connectivity index (χ1) is 15.3. The average Bonchev–Trinajstić information content (AvgIpc) is 3.52. The van der Waals surface area contributed by atoms with E-state index in [4.69, 9.17) is 10.00 Å². The van der Waals surface area contributed by atoms with Crippen LogP contribution in [0.1, 0.15) is 30.4 Å². The summed E-state index contributed by atoms with van der Waals surface area (Å²) >= 11 is 0. The zero-order valence-electron chi connectivity index (χ0n) is 17.7. The Labute approximate surface area is 186 Å². The zero-order valence-corrected chi connectivity index (χ0v) is 18.5. The van der Waals surface area contributed by atoms with E-state index in [0.29, 0.717) is 35.9 Å². The van der Waals surface area contributed by atoms with Gasteiger partial charge in [-0.25, -0.2) is 27.2 Å². The number of hydrogen-bond donors (Lipinski definition) is 0. The fourth-order valence-electron chi connectivity index (χ4n) is 4.49. The van der Waals surface area contributed by atoms with Crippen molar-refractivity contribution in [2.24, 2.45) is 17.8 Å². The Morgan fingerprint density at radius 2 is 1.81 bits per heavy atom. The normalized spacial score (nSPS) is 21.4. The Bertz CT molecular complexity index is 1100. The van der Waals surface area contributed by atoms with Crippen LogP contribution in [-0.2, 0) is 21.2 Å². The molecule has 1 aromatic carbocycles. The molecule has 0 radical (unpaired) electrons. The van der Waals surface area contributed by atoms with Gasteiger partial charge >= 0.3 is 0 Å². The topological polar surface area (TPSA) is 96.2 Å². The van der Waals surface area contributed by atoms with Crippen molar-refractivity contribution in [3.63, 3.8) is 0 Å². The molecular weight excluding hydrogens is 438 g/mol. The summed E-state index contributed by atoms with van der Waals surface area (Å²) in [5.41, 5.74) is 0.724. The van der Waals surface area contributed by atoms with Crippen molar-refractivity contribution in [2.45, 2.75) is 30.8 Å². The van der Waals surface area contributed by atoms with E-state index in [1.165, 1.54) is 12.4 Å². The predicted molar refractivity (Wildman–Crippen MR) is 112 cm³/mol. The molecule has 1 aliphatic carbocycles. The second-order valence-corrected chi connectivity index (χ2v) is 10.5. The van der Waals surface area contributed by atoms with Crippen LogP contribution in [0.2, 0.25) is 0 Å². The standard InChI is InChI=1S/C22H24F2N4O3S/c1-32(29,30)21-19(23)6-14(7-20(21)24)12-31-13-17-8-18(17)16-2-4-28(5-3-16)22-26-10-15(9-25)11-27-22/h6-7,10-11,16-18H,2-5,8,12-13H2,1H3/t17-,18+/m0/s1. The van der Waals surface area contributed by atoms with Crippen molar-refractivity contribution in [1.82, 2.24) is 9.97 Å². The highest BCUT2D eigenvalue weighted by atomic mass is 32.2. The van der Waals surface area contributed by atoms with Gasteiger partial charge in [0.1, 0.15) is 22.6 Å². The lowest BCUT2D eigenvalue weighted by Gasteiger charge is -2.32. The van der Waals surface area contributed by atoms with Gasteiger partial charge in [-0.2, -0.15) is 5.26 Å². The Kier molecular flexibility index (Phi) is 6.40. The number of anilines is 1. The Morgan fingerprint density at radius 3 is 2.38 bits per heavy atom. The van der Waals surface area contributed by atoms with Crippen LogP contribution >= 0.6 is 0 Å². The quantitative estimate of drug-likeness (QED) is 0.624. The van der Waals surface area contributed by atoms with Gasteiger partial charge in [0.15, 0.2) is 9.84 Å². The van der Waals surface area contributed by atoms with Gasteiger partial charge in [0.2, 0.25) is 5.95 Å². The molecule has 1 saturated heterocycles. The van der Waals surface area contributed by atoms with Crippen LogP contribution in [0.15, 0.2) is 29.4 Å². The van der Waals surface area contributed by atoms with E-state index in [2.05, 4.69) is 14.9 Å². The van der Waals surface area contributed by atoms with Gasteiger partial charge in [0, 0.05) is 19.3 Å². The number of nitriles is 1. The Balaban J connectivity index is 1.22. The van der Waals surface area contributed by atoms with Gasteiger partial charge in [0.25, 0.3) is 0 Å². The largest absolute Gasteiger partial charge is 0.376 e. The van der Waals surface area contributed by atoms with E-state index in [0.717, 1.165) is 50.7 Å². The van der Waals surface area contributed by atoms with E-state index in [9.17, 15) is 17.2 Å². The SMILES string of the molecule is CS(=O)(=O)c1c(F)cc(COC[C@@H]2C[C@@H]2C2CCN(c3ncc(C#N)cn3)CC2)cc1F. The highest BCUT2D eigenvalue weighted by Crippen LogP contribution is 2.48. The summed E-state index contributed by atoms with van der Waals surface area (Å²) in [6.45, 7) is 2.29. The summed E-state index contributed by atoms with van der Waals surface area (Å²) in [6, 6.07) is 4.05. The molecule has 1 saturated carbocycles. The van der Waals surface area contributed by atoms with E-state index in [1.807, 2.05) is 6.07 Å². The number of halogens is 2. The number of rotatable bonds is 7. The minimum Gasteiger partial charge on any atom is -0.376 e. The maximum absolute atomic E-state index is 14.0. The van der Waals surface area contributed by atoms with Gasteiger partial charge in [-0.1, -0.05) is 0 Å². The lowest BCUT2D eigenvalue weighted by Crippen LogP contribution is -2.35. The summed E-state index contributed by atoms with van der Waals surface area (Å²) in [5.74, 6) is 0.0891. The molecule has 170 valence electrons. The molecule has 0 bridgehead atoms. The molecule has 1 aliphatic heterocycles. The number of aromatic nitrogens is 2. The third-order valence-electron chi connectivity index (χ3n) is 6.20. The van der Waals surface area contributed by atoms with Crippen LogP contribution in [0.4, 0.5) is 14.7 Å². The molecule has 10 heteroatoms. The minimum atomic E-state index is -3.96. The van der Waals surface area contributed by atoms with Crippen molar-refractivity contribution in [2.75, 3.05) is 30.9 Å². The molecule has 1 aromatic heterocycles. The molecular formula is C22H24F2N4O3S. The summed E-state index contributed by atoms with van der Waals surface area (Å²) in [4.78, 5) is 9.75. The Morgan fingerprint density at radius 1 is 1.19 bits per heavy atom. The summed E-state index contributed by atoms with van der Waals surface area (Å²) in [7, 11) is -3.96. The molecule has 2 fully saturated rings. The fourth-order valence-corrected chi connectivity index (χ4v) is 5.31. The van der Waals surface area contributed by atoms with Crippen LogP contribution in [0.3, 0.4) is 0 Å². The van der Waals surface area contributed by atoms with Crippen LogP contribution in [-0.4, -0.2) is 44.3 Å². The van der Waals surface area contributed by atoms with Crippen molar-refractivity contribution >= 4 is 15.8 Å². The highest BCUT2D eigenvalue weighted by Gasteiger charge is 2.43. The van der Waals surface area contributed by atoms with E-state index in [1.54, 1.807) is 0 Å². The molecule has 2 atom stereocenters. The summed E-state index contributed by atoms with van der Waals surface area (Å²) < 4.78 is 56.6. The molecule has 2 aliphatic rings. The second kappa shape index (κ2) is 9.08. The monoisotopic (exact) mass is 462 g/mol. The van der Waals surface area contributed by atoms with E-state index in [-0.39, 0.29) is 12.2 Å². The lowest BCUT2D eigenvalue weighted by molar-refractivity contribution is 0.103. The first-order valence-electron chi connectivity index (χ1n) is 10.5. The second-order valence-electron chi connectivity index (χ2n) is 8.54. The van der Waals surface area contributed by atoms with Crippen LogP contribution in [0.5, 0.6) is 0 Å². The number of hydrogen-bond acceptors (Lipinski definition) is 7. The molecule has 32 heavy (non-hydrogen) atoms. The van der Waals surface area contributed by atoms with Crippen molar-refractivity contribution in [1.29, 1.82) is 5.26 Å². The molecule has 0 amide bonds. The lowest BCUT2D eigenvalue weighted by atomic mass is 9.91. The maximum Gasteiger partial charge on any atom is 0.225 e. The maximum atomic E-state index is 14.0. The third kappa shape index (κ3) is 5.05. The third-order valence-corrected chi connectivity index (χ3v) is 7.33. The Hall–Kier alpha value is -2.64. The van der Waals surface area contributed by atoms with Crippen LogP contribution in [0, 0.1) is 40.7 Å². The van der Waals surface area contributed by atoms with Crippen molar-refractivity contribution in [3.05, 3.63) is 47.3 Å². The molecule has 0 unspecified atom stereocenters. The van der Waals surface area contributed by atoms with Crippen LogP contribution < -0.4 is 4.90 Å². The van der Waals surface area contributed by atoms with Crippen molar-refractivity contribution < 1.29 is 21.9 Å². The van der Waals surface area contributed by atoms with E-state index >= 15 is 0 Å². The number of benzene rings is 1. The van der Waals surface area contributed by atoms with Gasteiger partial charge in [0.05, 0.1) is 31.2 Å². The number of sulfone groups is 1. The fraction of sp³-hybridized carbons (Fsp3) is 0.500. The van der Waals surface area contributed by atoms with E-state index < -0.39 is 26.4 Å². The molecule has 0 N–H and O–H groups in total. The molecule has 0 spiro atoms. The number of nitrogens with zero attached hydrogens (tertiary/aromatic N) is 4. The number of piperidine rings is 1. The van der Waals surface area contributed by atoms with Gasteiger partial charge < -0.3 is 9.64 Å². The molecule has 2 aromatic rings. The summed E-state index contributed by atoms with van der Waals surface area (Å²) in [5, 5.41) is 8.85. The first-order valence-corrected chi connectivity index (χ1v) is 12.4. The van der Waals surface area contributed by atoms with Crippen LogP contribution in [0.25, 0.3) is 0 Å².